The maximum absolute atomic E-state index is 12.6. The SMILES string of the molecule is O=C(Cc1ccc(CC2CCNC2)cc1)N1CCC(n2cnnc2)CC1. The first-order valence-electron chi connectivity index (χ1n) is 9.68. The number of piperidine rings is 1. The summed E-state index contributed by atoms with van der Waals surface area (Å²) in [6.07, 6.45) is 8.39. The maximum Gasteiger partial charge on any atom is 0.226 e. The van der Waals surface area contributed by atoms with Crippen molar-refractivity contribution < 1.29 is 4.79 Å². The first-order chi connectivity index (χ1) is 12.8. The van der Waals surface area contributed by atoms with Crippen molar-refractivity contribution in [2.75, 3.05) is 26.2 Å². The van der Waals surface area contributed by atoms with Gasteiger partial charge < -0.3 is 14.8 Å². The molecule has 0 bridgehead atoms. The van der Waals surface area contributed by atoms with Crippen molar-refractivity contribution in [3.8, 4) is 0 Å². The molecule has 3 heterocycles. The van der Waals surface area contributed by atoms with Crippen molar-refractivity contribution >= 4 is 5.91 Å². The van der Waals surface area contributed by atoms with E-state index in [-0.39, 0.29) is 5.91 Å². The van der Waals surface area contributed by atoms with E-state index >= 15 is 0 Å². The second-order valence-electron chi connectivity index (χ2n) is 7.58. The standard InChI is InChI=1S/C20H27N5O/c26-20(24-9-6-19(7-10-24)25-14-22-23-15-25)12-17-3-1-16(2-4-17)11-18-5-8-21-13-18/h1-4,14-15,18-19,21H,5-13H2. The number of likely N-dealkylation sites (tertiary alicyclic amines) is 1. The predicted octanol–water partition coefficient (Wildman–Crippen LogP) is 1.84. The number of benzene rings is 1. The topological polar surface area (TPSA) is 63.1 Å². The molecule has 6 heteroatoms. The van der Waals surface area contributed by atoms with Gasteiger partial charge in [-0.1, -0.05) is 24.3 Å². The Hall–Kier alpha value is -2.21. The van der Waals surface area contributed by atoms with E-state index in [1.54, 1.807) is 12.7 Å². The molecule has 1 unspecified atom stereocenters. The molecule has 4 rings (SSSR count). The fraction of sp³-hybridized carbons (Fsp3) is 0.550. The van der Waals surface area contributed by atoms with Crippen molar-refractivity contribution in [2.24, 2.45) is 5.92 Å². The second kappa shape index (κ2) is 7.99. The molecule has 1 aromatic heterocycles. The Balaban J connectivity index is 1.26. The molecule has 2 aromatic rings. The Labute approximate surface area is 154 Å². The molecule has 0 radical (unpaired) electrons. The summed E-state index contributed by atoms with van der Waals surface area (Å²) in [6, 6.07) is 9.05. The van der Waals surface area contributed by atoms with Crippen molar-refractivity contribution in [3.63, 3.8) is 0 Å². The number of aromatic nitrogens is 3. The quantitative estimate of drug-likeness (QED) is 0.891. The largest absolute Gasteiger partial charge is 0.342 e. The summed E-state index contributed by atoms with van der Waals surface area (Å²) < 4.78 is 2.06. The Morgan fingerprint density at radius 3 is 2.38 bits per heavy atom. The number of amides is 1. The van der Waals surface area contributed by atoms with E-state index in [2.05, 4.69) is 44.3 Å². The zero-order chi connectivity index (χ0) is 17.8. The summed E-state index contributed by atoms with van der Waals surface area (Å²) in [5, 5.41) is 11.2. The van der Waals surface area contributed by atoms with Crippen molar-refractivity contribution in [2.45, 2.75) is 38.1 Å². The highest BCUT2D eigenvalue weighted by Crippen LogP contribution is 2.22. The Morgan fingerprint density at radius 1 is 1.04 bits per heavy atom. The fourth-order valence-electron chi connectivity index (χ4n) is 4.11. The lowest BCUT2D eigenvalue weighted by molar-refractivity contribution is -0.131. The van der Waals surface area contributed by atoms with Crippen molar-refractivity contribution in [1.82, 2.24) is 25.0 Å². The van der Waals surface area contributed by atoms with Crippen LogP contribution in [0.3, 0.4) is 0 Å². The van der Waals surface area contributed by atoms with Gasteiger partial charge in [0, 0.05) is 19.1 Å². The Kier molecular flexibility index (Phi) is 5.29. The average molecular weight is 353 g/mol. The number of carbonyl (C=O) groups is 1. The van der Waals surface area contributed by atoms with Crippen molar-refractivity contribution in [3.05, 3.63) is 48.0 Å². The van der Waals surface area contributed by atoms with Gasteiger partial charge in [0.2, 0.25) is 5.91 Å². The number of hydrogen-bond donors (Lipinski definition) is 1. The van der Waals surface area contributed by atoms with E-state index in [1.807, 2.05) is 4.90 Å². The number of nitrogens with one attached hydrogen (secondary N) is 1. The van der Waals surface area contributed by atoms with E-state index in [0.29, 0.717) is 12.5 Å². The molecule has 0 saturated carbocycles. The molecule has 1 atom stereocenters. The van der Waals surface area contributed by atoms with Gasteiger partial charge in [-0.3, -0.25) is 4.79 Å². The molecule has 0 aliphatic carbocycles. The van der Waals surface area contributed by atoms with Crippen LogP contribution in [0.25, 0.3) is 0 Å². The monoisotopic (exact) mass is 353 g/mol. The molecular formula is C20H27N5O. The third-order valence-corrected chi connectivity index (χ3v) is 5.74. The molecule has 1 amide bonds. The number of nitrogens with zero attached hydrogens (tertiary/aromatic N) is 4. The summed E-state index contributed by atoms with van der Waals surface area (Å²) in [7, 11) is 0. The van der Waals surface area contributed by atoms with Crippen LogP contribution in [0.4, 0.5) is 0 Å². The van der Waals surface area contributed by atoms with Crippen LogP contribution >= 0.6 is 0 Å². The zero-order valence-electron chi connectivity index (χ0n) is 15.2. The normalized spacial score (nSPS) is 21.2. The predicted molar refractivity (Wildman–Crippen MR) is 99.7 cm³/mol. The van der Waals surface area contributed by atoms with Crippen molar-refractivity contribution in [1.29, 1.82) is 0 Å². The molecule has 2 fully saturated rings. The molecule has 0 spiro atoms. The second-order valence-corrected chi connectivity index (χ2v) is 7.58. The molecule has 2 aliphatic rings. The van der Waals surface area contributed by atoms with Gasteiger partial charge in [0.1, 0.15) is 12.7 Å². The lowest BCUT2D eigenvalue weighted by Gasteiger charge is -2.32. The summed E-state index contributed by atoms with van der Waals surface area (Å²) in [6.45, 7) is 3.90. The average Bonchev–Trinajstić information content (AvgIpc) is 3.37. The smallest absolute Gasteiger partial charge is 0.226 e. The first kappa shape index (κ1) is 17.2. The first-order valence-corrected chi connectivity index (χ1v) is 9.68. The molecule has 138 valence electrons. The summed E-state index contributed by atoms with van der Waals surface area (Å²) >= 11 is 0. The molecule has 26 heavy (non-hydrogen) atoms. The van der Waals surface area contributed by atoms with Crippen LogP contribution in [-0.2, 0) is 17.6 Å². The van der Waals surface area contributed by atoms with Gasteiger partial charge in [0.05, 0.1) is 6.42 Å². The van der Waals surface area contributed by atoms with E-state index in [0.717, 1.165) is 56.9 Å². The van der Waals surface area contributed by atoms with Gasteiger partial charge in [-0.25, -0.2) is 0 Å². The minimum Gasteiger partial charge on any atom is -0.342 e. The third-order valence-electron chi connectivity index (χ3n) is 5.74. The highest BCUT2D eigenvalue weighted by atomic mass is 16.2. The molecule has 2 aliphatic heterocycles. The number of hydrogen-bond acceptors (Lipinski definition) is 4. The van der Waals surface area contributed by atoms with Crippen LogP contribution in [-0.4, -0.2) is 51.8 Å². The van der Waals surface area contributed by atoms with Gasteiger partial charge in [0.25, 0.3) is 0 Å². The van der Waals surface area contributed by atoms with E-state index in [9.17, 15) is 4.79 Å². The fourth-order valence-corrected chi connectivity index (χ4v) is 4.11. The summed E-state index contributed by atoms with van der Waals surface area (Å²) in [5.74, 6) is 0.995. The summed E-state index contributed by atoms with van der Waals surface area (Å²) in [5.41, 5.74) is 2.49. The van der Waals surface area contributed by atoms with Gasteiger partial charge in [-0.15, -0.1) is 10.2 Å². The molecule has 1 aromatic carbocycles. The highest BCUT2D eigenvalue weighted by molar-refractivity contribution is 5.78. The molecule has 2 saturated heterocycles. The van der Waals surface area contributed by atoms with E-state index in [1.165, 1.54) is 12.0 Å². The van der Waals surface area contributed by atoms with Crippen LogP contribution in [0.15, 0.2) is 36.9 Å². The molecule has 1 N–H and O–H groups in total. The van der Waals surface area contributed by atoms with Gasteiger partial charge in [-0.2, -0.15) is 0 Å². The van der Waals surface area contributed by atoms with Crippen LogP contribution in [0, 0.1) is 5.92 Å². The van der Waals surface area contributed by atoms with Crippen LogP contribution < -0.4 is 5.32 Å². The number of rotatable bonds is 5. The van der Waals surface area contributed by atoms with Gasteiger partial charge in [0.15, 0.2) is 0 Å². The lowest BCUT2D eigenvalue weighted by Crippen LogP contribution is -2.39. The maximum atomic E-state index is 12.6. The lowest BCUT2D eigenvalue weighted by atomic mass is 9.97. The Morgan fingerprint density at radius 2 is 1.73 bits per heavy atom. The minimum atomic E-state index is 0.236. The molecule has 6 nitrogen and oxygen atoms in total. The van der Waals surface area contributed by atoms with Crippen LogP contribution in [0.2, 0.25) is 0 Å². The van der Waals surface area contributed by atoms with Gasteiger partial charge >= 0.3 is 0 Å². The van der Waals surface area contributed by atoms with E-state index < -0.39 is 0 Å². The Bertz CT molecular complexity index is 698. The molecular weight excluding hydrogens is 326 g/mol. The van der Waals surface area contributed by atoms with Crippen LogP contribution in [0.5, 0.6) is 0 Å². The van der Waals surface area contributed by atoms with E-state index in [4.69, 9.17) is 0 Å². The minimum absolute atomic E-state index is 0.236. The zero-order valence-corrected chi connectivity index (χ0v) is 15.2. The number of carbonyl (C=O) groups excluding carboxylic acids is 1. The highest BCUT2D eigenvalue weighted by Gasteiger charge is 2.23. The summed E-state index contributed by atoms with van der Waals surface area (Å²) in [4.78, 5) is 14.6. The third kappa shape index (κ3) is 4.12. The van der Waals surface area contributed by atoms with Crippen LogP contribution in [0.1, 0.15) is 36.4 Å². The van der Waals surface area contributed by atoms with Gasteiger partial charge in [-0.05, 0) is 55.8 Å².